The Labute approximate surface area is 221 Å². The van der Waals surface area contributed by atoms with E-state index in [4.69, 9.17) is 4.74 Å². The van der Waals surface area contributed by atoms with Crippen molar-refractivity contribution in [3.8, 4) is 0 Å². The molecule has 196 valence electrons. The van der Waals surface area contributed by atoms with Crippen molar-refractivity contribution in [1.82, 2.24) is 4.90 Å². The molecule has 0 aliphatic carbocycles. The fourth-order valence-corrected chi connectivity index (χ4v) is 9.06. The monoisotopic (exact) mass is 522 g/mol. The summed E-state index contributed by atoms with van der Waals surface area (Å²) in [4.78, 5) is 45.0. The number of carbonyl (C=O) groups is 3. The summed E-state index contributed by atoms with van der Waals surface area (Å²) in [7, 11) is 0. The van der Waals surface area contributed by atoms with Gasteiger partial charge < -0.3 is 19.6 Å². The molecule has 5 atom stereocenters. The molecule has 3 heterocycles. The lowest BCUT2D eigenvalue weighted by molar-refractivity contribution is -0.155. The van der Waals surface area contributed by atoms with Crippen LogP contribution in [0.2, 0.25) is 0 Å². The Bertz CT molecular complexity index is 1250. The van der Waals surface area contributed by atoms with E-state index in [9.17, 15) is 19.5 Å². The molecule has 3 fully saturated rings. The summed E-state index contributed by atoms with van der Waals surface area (Å²) in [5.41, 5.74) is 0.740. The van der Waals surface area contributed by atoms with Crippen LogP contribution in [0.1, 0.15) is 33.1 Å². The van der Waals surface area contributed by atoms with E-state index in [-0.39, 0.29) is 37.5 Å². The maximum Gasteiger partial charge on any atom is 0.311 e. The summed E-state index contributed by atoms with van der Waals surface area (Å²) in [5.74, 6) is -1.93. The number of ether oxygens (including phenoxy) is 1. The van der Waals surface area contributed by atoms with Crippen molar-refractivity contribution < 1.29 is 24.2 Å². The molecule has 2 unspecified atom stereocenters. The highest BCUT2D eigenvalue weighted by Crippen LogP contribution is 2.71. The Morgan fingerprint density at radius 2 is 2.00 bits per heavy atom. The minimum atomic E-state index is -0.741. The number of nitrogens with zero attached hydrogens (tertiary/aromatic N) is 2. The molecular formula is C29H34N2O5S. The summed E-state index contributed by atoms with van der Waals surface area (Å²) < 4.78 is 4.26. The number of hydrogen-bond donors (Lipinski definition) is 1. The molecule has 7 nitrogen and oxygen atoms in total. The Hall–Kier alpha value is -2.84. The highest BCUT2D eigenvalue weighted by Gasteiger charge is 2.77. The molecule has 3 aliphatic rings. The lowest BCUT2D eigenvalue weighted by atomic mass is 9.66. The minimum Gasteiger partial charge on any atom is -0.466 e. The number of rotatable bonds is 9. The van der Waals surface area contributed by atoms with E-state index in [0.29, 0.717) is 19.4 Å². The fraction of sp³-hybridized carbons (Fsp3) is 0.483. The smallest absolute Gasteiger partial charge is 0.311 e. The molecule has 3 saturated heterocycles. The molecule has 8 heteroatoms. The Morgan fingerprint density at radius 3 is 2.70 bits per heavy atom. The predicted octanol–water partition coefficient (Wildman–Crippen LogP) is 3.79. The number of anilines is 1. The van der Waals surface area contributed by atoms with Crippen LogP contribution in [0.15, 0.2) is 55.1 Å². The maximum atomic E-state index is 14.5. The molecule has 1 spiro atoms. The van der Waals surface area contributed by atoms with Gasteiger partial charge in [0.15, 0.2) is 0 Å². The quantitative estimate of drug-likeness (QED) is 0.398. The molecule has 2 aromatic carbocycles. The average Bonchev–Trinajstić information content (AvgIpc) is 3.46. The van der Waals surface area contributed by atoms with Crippen LogP contribution in [0.3, 0.4) is 0 Å². The number of amides is 2. The summed E-state index contributed by atoms with van der Waals surface area (Å²) in [5, 5.41) is 11.7. The van der Waals surface area contributed by atoms with Crippen molar-refractivity contribution in [2.45, 2.75) is 48.6 Å². The molecule has 0 saturated carbocycles. The number of aliphatic hydroxyl groups excluding tert-OH is 1. The van der Waals surface area contributed by atoms with Crippen molar-refractivity contribution in [2.24, 2.45) is 11.8 Å². The van der Waals surface area contributed by atoms with Crippen LogP contribution in [0, 0.1) is 11.8 Å². The number of carbonyl (C=O) groups excluding carboxylic acids is 3. The number of hydrogen-bond acceptors (Lipinski definition) is 6. The lowest BCUT2D eigenvalue weighted by Crippen LogP contribution is -2.55. The van der Waals surface area contributed by atoms with Gasteiger partial charge in [-0.2, -0.15) is 0 Å². The van der Waals surface area contributed by atoms with Crippen LogP contribution in [0.25, 0.3) is 10.8 Å². The van der Waals surface area contributed by atoms with Gasteiger partial charge in [-0.25, -0.2) is 0 Å². The molecule has 5 rings (SSSR count). The maximum absolute atomic E-state index is 14.5. The molecule has 2 aromatic rings. The minimum absolute atomic E-state index is 0.0877. The SMILES string of the molecule is C=CCN(C(=O)C1N(CCCO)C(=O)[C@@H]2[C@@H](C(=O)OCC)[C@@]3(C)CCC12S3)c1ccc2ccccc2c1. The zero-order chi connectivity index (χ0) is 26.4. The van der Waals surface area contributed by atoms with Crippen molar-refractivity contribution in [2.75, 3.05) is 31.2 Å². The summed E-state index contributed by atoms with van der Waals surface area (Å²) >= 11 is 1.63. The predicted molar refractivity (Wildman–Crippen MR) is 145 cm³/mol. The van der Waals surface area contributed by atoms with Gasteiger partial charge in [0, 0.05) is 30.1 Å². The summed E-state index contributed by atoms with van der Waals surface area (Å²) in [6.07, 6.45) is 3.47. The van der Waals surface area contributed by atoms with Crippen molar-refractivity contribution in [1.29, 1.82) is 0 Å². The van der Waals surface area contributed by atoms with E-state index in [0.717, 1.165) is 22.9 Å². The van der Waals surface area contributed by atoms with Gasteiger partial charge in [0.25, 0.3) is 5.91 Å². The molecule has 0 aromatic heterocycles. The first-order chi connectivity index (χ1) is 17.8. The van der Waals surface area contributed by atoms with Gasteiger partial charge in [-0.15, -0.1) is 18.3 Å². The van der Waals surface area contributed by atoms with Crippen LogP contribution in [-0.4, -0.2) is 69.6 Å². The van der Waals surface area contributed by atoms with Crippen LogP contribution in [-0.2, 0) is 19.1 Å². The van der Waals surface area contributed by atoms with Crippen LogP contribution in [0.5, 0.6) is 0 Å². The van der Waals surface area contributed by atoms with Crippen LogP contribution < -0.4 is 4.90 Å². The number of likely N-dealkylation sites (tertiary alicyclic amines) is 1. The fourth-order valence-electron chi connectivity index (χ4n) is 6.72. The number of esters is 1. The second kappa shape index (κ2) is 9.80. The highest BCUT2D eigenvalue weighted by atomic mass is 32.2. The number of fused-ring (bicyclic) bond motifs is 2. The van der Waals surface area contributed by atoms with E-state index >= 15 is 0 Å². The topological polar surface area (TPSA) is 87.2 Å². The van der Waals surface area contributed by atoms with Gasteiger partial charge in [-0.05, 0) is 56.0 Å². The van der Waals surface area contributed by atoms with Crippen molar-refractivity contribution >= 4 is 46.0 Å². The van der Waals surface area contributed by atoms with E-state index in [2.05, 4.69) is 6.58 Å². The molecule has 1 N–H and O–H groups in total. The Morgan fingerprint density at radius 1 is 1.24 bits per heavy atom. The largest absolute Gasteiger partial charge is 0.466 e. The standard InChI is InChI=1S/C29H34N2O5S/c1-4-15-30(21-12-11-19-9-6-7-10-20(19)18-21)26(34)24-29-14-13-28(3,37-29)23(27(35)36-5-2)22(29)25(33)31(24)16-8-17-32/h4,6-7,9-12,18,22-24,32H,1,5,8,13-17H2,2-3H3/t22-,23-,24?,28+,29?/m0/s1. The van der Waals surface area contributed by atoms with Gasteiger partial charge in [0.1, 0.15) is 6.04 Å². The zero-order valence-electron chi connectivity index (χ0n) is 21.4. The third-order valence-electron chi connectivity index (χ3n) is 8.23. The van der Waals surface area contributed by atoms with Gasteiger partial charge in [0.05, 0.1) is 23.2 Å². The van der Waals surface area contributed by atoms with Gasteiger partial charge in [0.2, 0.25) is 5.91 Å². The summed E-state index contributed by atoms with van der Waals surface area (Å²) in [6, 6.07) is 13.1. The first kappa shape index (κ1) is 25.8. The third-order valence-corrected chi connectivity index (χ3v) is 10.2. The lowest BCUT2D eigenvalue weighted by Gasteiger charge is -2.37. The van der Waals surface area contributed by atoms with Crippen molar-refractivity contribution in [3.05, 3.63) is 55.1 Å². The second-order valence-electron chi connectivity index (χ2n) is 10.4. The second-order valence-corrected chi connectivity index (χ2v) is 12.3. The summed E-state index contributed by atoms with van der Waals surface area (Å²) in [6.45, 7) is 8.39. The van der Waals surface area contributed by atoms with Gasteiger partial charge >= 0.3 is 5.97 Å². The third kappa shape index (κ3) is 3.96. The molecule has 2 bridgehead atoms. The molecule has 0 radical (unpaired) electrons. The zero-order valence-corrected chi connectivity index (χ0v) is 22.2. The van der Waals surface area contributed by atoms with E-state index in [1.165, 1.54) is 0 Å². The van der Waals surface area contributed by atoms with E-state index in [1.54, 1.807) is 34.6 Å². The average molecular weight is 523 g/mol. The molecule has 2 amide bonds. The van der Waals surface area contributed by atoms with Gasteiger partial charge in [-0.1, -0.05) is 36.4 Å². The number of benzene rings is 2. The van der Waals surface area contributed by atoms with Crippen LogP contribution in [0.4, 0.5) is 5.69 Å². The first-order valence-corrected chi connectivity index (χ1v) is 13.8. The number of aliphatic hydroxyl groups is 1. The van der Waals surface area contributed by atoms with E-state index < -0.39 is 27.4 Å². The normalized spacial score (nSPS) is 30.0. The molecule has 3 aliphatic heterocycles. The van der Waals surface area contributed by atoms with Crippen LogP contribution >= 0.6 is 11.8 Å². The Kier molecular flexibility index (Phi) is 6.83. The highest BCUT2D eigenvalue weighted by molar-refractivity contribution is 8.02. The molecular weight excluding hydrogens is 488 g/mol. The number of thioether (sulfide) groups is 1. The van der Waals surface area contributed by atoms with Gasteiger partial charge in [-0.3, -0.25) is 14.4 Å². The first-order valence-electron chi connectivity index (χ1n) is 13.0. The Balaban J connectivity index is 1.58. The molecule has 37 heavy (non-hydrogen) atoms. The van der Waals surface area contributed by atoms with Crippen molar-refractivity contribution in [3.63, 3.8) is 0 Å². The van der Waals surface area contributed by atoms with E-state index in [1.807, 2.05) is 49.4 Å².